The molecule has 0 radical (unpaired) electrons. The lowest BCUT2D eigenvalue weighted by molar-refractivity contribution is 0.284. The second-order valence-electron chi connectivity index (χ2n) is 6.12. The third-order valence-electron chi connectivity index (χ3n) is 4.06. The van der Waals surface area contributed by atoms with Gasteiger partial charge in [-0.15, -0.1) is 0 Å². The largest absolute Gasteiger partial charge is 0.508 e. The second-order valence-corrected chi connectivity index (χ2v) is 6.12. The number of rotatable bonds is 5. The van der Waals surface area contributed by atoms with E-state index in [-0.39, 0.29) is 5.75 Å². The maximum absolute atomic E-state index is 12.0. The molecule has 0 spiro atoms. The Hall–Kier alpha value is -3.54. The summed E-state index contributed by atoms with van der Waals surface area (Å²) >= 11 is 0. The molecule has 0 bridgehead atoms. The molecule has 3 aromatic rings. The van der Waals surface area contributed by atoms with Crippen LogP contribution < -0.4 is 9.47 Å². The predicted octanol–water partition coefficient (Wildman–Crippen LogP) is 5.23. The van der Waals surface area contributed by atoms with Crippen LogP contribution >= 0.6 is 0 Å². The molecular formula is C23H22FNO4. The number of aliphatic imine (C=N–C) groups is 1. The first-order valence-corrected chi connectivity index (χ1v) is 9.16. The molecule has 1 heterocycles. The van der Waals surface area contributed by atoms with Gasteiger partial charge < -0.3 is 19.3 Å². The molecule has 0 aliphatic carbocycles. The van der Waals surface area contributed by atoms with Gasteiger partial charge >= 0.3 is 0 Å². The number of hydrogen-bond donors (Lipinski definition) is 1. The molecule has 1 N–H and O–H groups in total. The number of ether oxygens (including phenoxy) is 3. The number of nitrogens with zero attached hydrogens (tertiary/aromatic N) is 1. The molecule has 0 atom stereocenters. The van der Waals surface area contributed by atoms with Gasteiger partial charge in [-0.25, -0.2) is 9.38 Å². The van der Waals surface area contributed by atoms with Gasteiger partial charge in [-0.1, -0.05) is 36.4 Å². The van der Waals surface area contributed by atoms with Crippen LogP contribution in [0, 0.1) is 5.82 Å². The fourth-order valence-electron chi connectivity index (χ4n) is 2.66. The third-order valence-corrected chi connectivity index (χ3v) is 4.06. The normalized spacial score (nSPS) is 11.2. The molecule has 0 unspecified atom stereocenters. The standard InChI is InChI=1S/C17H17NO3.C6H5FO/c1-3-20-17-13-9-15(19-2)16(10-14(13)18-17)21-11-12-7-5-4-6-8-12;7-5-2-1-3-6(8)4-5/h4-10H,3,11H2,1-2H3;1-4,8H. The lowest BCUT2D eigenvalue weighted by Gasteiger charge is -2.21. The number of halogens is 1. The highest BCUT2D eigenvalue weighted by Crippen LogP contribution is 2.40. The number of phenolic OH excluding ortho intramolecular Hbond substituents is 1. The number of aromatic hydroxyl groups is 1. The van der Waals surface area contributed by atoms with Crippen molar-refractivity contribution in [2.24, 2.45) is 4.99 Å². The summed E-state index contributed by atoms with van der Waals surface area (Å²) in [5, 5.41) is 8.57. The van der Waals surface area contributed by atoms with Gasteiger partial charge in [0.1, 0.15) is 18.2 Å². The van der Waals surface area contributed by atoms with Crippen molar-refractivity contribution >= 4 is 11.6 Å². The Kier molecular flexibility index (Phi) is 6.68. The Morgan fingerprint density at radius 1 is 0.931 bits per heavy atom. The molecule has 0 aromatic heterocycles. The van der Waals surface area contributed by atoms with Gasteiger partial charge in [0, 0.05) is 12.1 Å². The number of phenols is 1. The van der Waals surface area contributed by atoms with Crippen molar-refractivity contribution in [2.45, 2.75) is 13.5 Å². The summed E-state index contributed by atoms with van der Waals surface area (Å²) in [6.45, 7) is 3.04. The van der Waals surface area contributed by atoms with Crippen molar-refractivity contribution in [1.82, 2.24) is 0 Å². The second kappa shape index (κ2) is 9.59. The summed E-state index contributed by atoms with van der Waals surface area (Å²) in [5.41, 5.74) is 2.96. The maximum atomic E-state index is 12.0. The summed E-state index contributed by atoms with van der Waals surface area (Å²) in [5.74, 6) is 1.60. The monoisotopic (exact) mass is 395 g/mol. The molecule has 4 rings (SSSR count). The first-order valence-electron chi connectivity index (χ1n) is 9.16. The summed E-state index contributed by atoms with van der Waals surface area (Å²) in [7, 11) is 1.63. The van der Waals surface area contributed by atoms with E-state index in [2.05, 4.69) is 4.99 Å². The van der Waals surface area contributed by atoms with Crippen LogP contribution in [-0.2, 0) is 11.3 Å². The van der Waals surface area contributed by atoms with Crippen LogP contribution in [-0.4, -0.2) is 24.7 Å². The minimum absolute atomic E-state index is 0.0370. The molecule has 0 saturated heterocycles. The fourth-order valence-corrected chi connectivity index (χ4v) is 2.66. The van der Waals surface area contributed by atoms with E-state index >= 15 is 0 Å². The lowest BCUT2D eigenvalue weighted by atomic mass is 10.1. The van der Waals surface area contributed by atoms with Crippen LogP contribution in [0.15, 0.2) is 71.7 Å². The van der Waals surface area contributed by atoms with E-state index in [1.807, 2.05) is 49.4 Å². The van der Waals surface area contributed by atoms with Crippen LogP contribution in [0.25, 0.3) is 0 Å². The van der Waals surface area contributed by atoms with Gasteiger partial charge in [0.2, 0.25) is 5.90 Å². The van der Waals surface area contributed by atoms with Crippen molar-refractivity contribution < 1.29 is 23.7 Å². The Balaban J connectivity index is 0.000000252. The predicted molar refractivity (Wildman–Crippen MR) is 110 cm³/mol. The van der Waals surface area contributed by atoms with Gasteiger partial charge in [-0.05, 0) is 30.7 Å². The topological polar surface area (TPSA) is 60.3 Å². The smallest absolute Gasteiger partial charge is 0.223 e. The van der Waals surface area contributed by atoms with Crippen LogP contribution in [0.5, 0.6) is 17.2 Å². The zero-order valence-electron chi connectivity index (χ0n) is 16.3. The summed E-state index contributed by atoms with van der Waals surface area (Å²) < 4.78 is 28.7. The Bertz CT molecular complexity index is 972. The van der Waals surface area contributed by atoms with Crippen molar-refractivity contribution in [3.63, 3.8) is 0 Å². The van der Waals surface area contributed by atoms with Gasteiger partial charge in [-0.3, -0.25) is 0 Å². The summed E-state index contributed by atoms with van der Waals surface area (Å²) in [4.78, 5) is 4.32. The van der Waals surface area contributed by atoms with Crippen molar-refractivity contribution in [1.29, 1.82) is 0 Å². The zero-order chi connectivity index (χ0) is 20.6. The molecule has 3 aromatic carbocycles. The van der Waals surface area contributed by atoms with E-state index in [4.69, 9.17) is 19.3 Å². The van der Waals surface area contributed by atoms with Crippen molar-refractivity contribution in [3.8, 4) is 17.2 Å². The third kappa shape index (κ3) is 5.25. The zero-order valence-corrected chi connectivity index (χ0v) is 16.3. The number of benzene rings is 3. The molecule has 5 nitrogen and oxygen atoms in total. The summed E-state index contributed by atoms with van der Waals surface area (Å²) in [6.07, 6.45) is 0. The van der Waals surface area contributed by atoms with E-state index < -0.39 is 5.82 Å². The molecule has 150 valence electrons. The highest BCUT2D eigenvalue weighted by atomic mass is 19.1. The fraction of sp³-hybridized carbons (Fsp3) is 0.174. The van der Waals surface area contributed by atoms with Crippen LogP contribution in [0.4, 0.5) is 10.1 Å². The Morgan fingerprint density at radius 2 is 1.72 bits per heavy atom. The highest BCUT2D eigenvalue weighted by molar-refractivity contribution is 6.08. The molecule has 0 amide bonds. The quantitative estimate of drug-likeness (QED) is 0.642. The number of hydrogen-bond acceptors (Lipinski definition) is 5. The van der Waals surface area contributed by atoms with E-state index in [9.17, 15) is 4.39 Å². The average Bonchev–Trinajstić information content (AvgIpc) is 2.72. The van der Waals surface area contributed by atoms with Gasteiger partial charge in [0.15, 0.2) is 11.5 Å². The van der Waals surface area contributed by atoms with Crippen molar-refractivity contribution in [3.05, 3.63) is 83.7 Å². The van der Waals surface area contributed by atoms with E-state index in [1.54, 1.807) is 7.11 Å². The lowest BCUT2D eigenvalue weighted by Crippen LogP contribution is -2.14. The molecule has 0 saturated carbocycles. The summed E-state index contributed by atoms with van der Waals surface area (Å²) in [6, 6.07) is 19.0. The SMILES string of the molecule is CCOC1=Nc2cc(OCc3ccccc3)c(OC)cc21.Oc1cccc(F)c1. The van der Waals surface area contributed by atoms with Gasteiger partial charge in [0.05, 0.1) is 25.0 Å². The van der Waals surface area contributed by atoms with Crippen molar-refractivity contribution in [2.75, 3.05) is 13.7 Å². The minimum Gasteiger partial charge on any atom is -0.508 e. The molecular weight excluding hydrogens is 373 g/mol. The first kappa shape index (κ1) is 20.2. The Morgan fingerprint density at radius 3 is 2.34 bits per heavy atom. The maximum Gasteiger partial charge on any atom is 0.223 e. The molecule has 0 fully saturated rings. The van der Waals surface area contributed by atoms with E-state index in [0.29, 0.717) is 30.6 Å². The molecule has 1 aliphatic heterocycles. The first-order chi connectivity index (χ1) is 14.1. The minimum atomic E-state index is -0.412. The van der Waals surface area contributed by atoms with Crippen LogP contribution in [0.2, 0.25) is 0 Å². The number of fused-ring (bicyclic) bond motifs is 1. The number of methoxy groups -OCH3 is 1. The van der Waals surface area contributed by atoms with Crippen LogP contribution in [0.3, 0.4) is 0 Å². The molecule has 1 aliphatic rings. The van der Waals surface area contributed by atoms with E-state index in [1.165, 1.54) is 18.2 Å². The molecule has 6 heteroatoms. The van der Waals surface area contributed by atoms with Crippen LogP contribution in [0.1, 0.15) is 18.1 Å². The van der Waals surface area contributed by atoms with Gasteiger partial charge in [-0.2, -0.15) is 0 Å². The van der Waals surface area contributed by atoms with E-state index in [0.717, 1.165) is 22.9 Å². The Labute approximate surface area is 169 Å². The molecule has 29 heavy (non-hydrogen) atoms. The van der Waals surface area contributed by atoms with Gasteiger partial charge in [0.25, 0.3) is 0 Å². The average molecular weight is 395 g/mol. The highest BCUT2D eigenvalue weighted by Gasteiger charge is 2.23.